The van der Waals surface area contributed by atoms with Crippen molar-refractivity contribution < 1.29 is 0 Å². The van der Waals surface area contributed by atoms with Gasteiger partial charge in [0.2, 0.25) is 0 Å². The van der Waals surface area contributed by atoms with E-state index in [1.807, 2.05) is 11.3 Å². The molecule has 0 atom stereocenters. The van der Waals surface area contributed by atoms with Crippen molar-refractivity contribution in [2.24, 2.45) is 0 Å². The molecule has 0 unspecified atom stereocenters. The molecule has 0 fully saturated rings. The van der Waals surface area contributed by atoms with Gasteiger partial charge in [0, 0.05) is 54.0 Å². The van der Waals surface area contributed by atoms with Crippen LogP contribution in [0.3, 0.4) is 0 Å². The predicted octanol–water partition coefficient (Wildman–Crippen LogP) is 14.6. The molecule has 2 nitrogen and oxygen atoms in total. The molecule has 8 aromatic rings. The number of hydrogen-bond donors (Lipinski definition) is 0. The van der Waals surface area contributed by atoms with Crippen molar-refractivity contribution in [1.82, 2.24) is 0 Å². The average Bonchev–Trinajstić information content (AvgIpc) is 3.56. The molecule has 2 aliphatic heterocycles. The first-order chi connectivity index (χ1) is 28.1. The van der Waals surface area contributed by atoms with Crippen molar-refractivity contribution in [2.75, 3.05) is 9.71 Å². The number of rotatable bonds is 3. The molecule has 0 saturated heterocycles. The maximum Gasteiger partial charge on any atom is 0.333 e. The highest BCUT2D eigenvalue weighted by Gasteiger charge is 2.46. The molecule has 10 rings (SSSR count). The first-order valence-electron chi connectivity index (χ1n) is 21.2. The highest BCUT2D eigenvalue weighted by Crippen LogP contribution is 2.51. The summed E-state index contributed by atoms with van der Waals surface area (Å²) in [6.07, 6.45) is 0. The summed E-state index contributed by atoms with van der Waals surface area (Å²) in [5.41, 5.74) is 19.2. The Morgan fingerprint density at radius 1 is 0.458 bits per heavy atom. The Balaban J connectivity index is 1.34. The lowest BCUT2D eigenvalue weighted by molar-refractivity contribution is 0.590. The molecule has 0 bridgehead atoms. The fraction of sp³-hybridized carbons (Fsp3) is 0.236. The Hall–Kier alpha value is -5.58. The molecule has 1 aromatic heterocycles. The van der Waals surface area contributed by atoms with E-state index in [0.29, 0.717) is 0 Å². The van der Waals surface area contributed by atoms with Gasteiger partial charge in [-0.25, -0.2) is 0 Å². The van der Waals surface area contributed by atoms with Crippen molar-refractivity contribution in [2.45, 2.75) is 85.5 Å². The molecular formula is C55H53BN2S. The largest absolute Gasteiger partial charge is 0.376 e. The normalized spacial score (nSPS) is 13.8. The fourth-order valence-corrected chi connectivity index (χ4v) is 10.6. The van der Waals surface area contributed by atoms with E-state index in [1.165, 1.54) is 104 Å². The lowest BCUT2D eigenvalue weighted by Gasteiger charge is -2.46. The average molecular weight is 785 g/mol. The summed E-state index contributed by atoms with van der Waals surface area (Å²) in [4.78, 5) is 5.29. The number of anilines is 5. The summed E-state index contributed by atoms with van der Waals surface area (Å²) >= 11 is 1.91. The Kier molecular flexibility index (Phi) is 8.44. The zero-order valence-electron chi connectivity index (χ0n) is 36.2. The van der Waals surface area contributed by atoms with Gasteiger partial charge in [0.15, 0.2) is 0 Å². The van der Waals surface area contributed by atoms with Gasteiger partial charge in [-0.05, 0) is 122 Å². The Bertz CT molecular complexity index is 2950. The van der Waals surface area contributed by atoms with Crippen LogP contribution in [0.15, 0.2) is 140 Å². The molecule has 3 heterocycles. The topological polar surface area (TPSA) is 6.48 Å². The zero-order chi connectivity index (χ0) is 41.2. The molecule has 0 radical (unpaired) electrons. The number of fused-ring (bicyclic) bond motifs is 7. The zero-order valence-corrected chi connectivity index (χ0v) is 37.0. The number of hydrogen-bond acceptors (Lipinski definition) is 3. The number of thiophene rings is 1. The van der Waals surface area contributed by atoms with Gasteiger partial charge in [-0.2, -0.15) is 0 Å². The molecule has 0 N–H and O–H groups in total. The molecule has 2 aliphatic rings. The minimum atomic E-state index is -0.0568. The van der Waals surface area contributed by atoms with E-state index in [9.17, 15) is 0 Å². The highest BCUT2D eigenvalue weighted by molar-refractivity contribution is 7.26. The van der Waals surface area contributed by atoms with Crippen LogP contribution >= 0.6 is 11.3 Å². The molecule has 7 aromatic carbocycles. The maximum absolute atomic E-state index is 2.67. The van der Waals surface area contributed by atoms with Crippen LogP contribution < -0.4 is 20.6 Å². The molecule has 59 heavy (non-hydrogen) atoms. The Labute approximate surface area is 355 Å². The fourth-order valence-electron chi connectivity index (χ4n) is 9.50. The van der Waals surface area contributed by atoms with Gasteiger partial charge in [0.25, 0.3) is 0 Å². The second kappa shape index (κ2) is 13.2. The van der Waals surface area contributed by atoms with Gasteiger partial charge in [-0.3, -0.25) is 0 Å². The van der Waals surface area contributed by atoms with E-state index in [1.54, 1.807) is 0 Å². The number of aryl methyl sites for hydroxylation is 1. The molecule has 0 spiro atoms. The predicted molar refractivity (Wildman–Crippen MR) is 259 cm³/mol. The lowest BCUT2D eigenvalue weighted by Crippen LogP contribution is -2.61. The van der Waals surface area contributed by atoms with Gasteiger partial charge in [0.1, 0.15) is 0 Å². The minimum Gasteiger partial charge on any atom is -0.376 e. The summed E-state index contributed by atoms with van der Waals surface area (Å²) in [7, 11) is 0. The van der Waals surface area contributed by atoms with Gasteiger partial charge >= 0.3 is 6.85 Å². The van der Waals surface area contributed by atoms with Crippen LogP contribution in [-0.2, 0) is 16.2 Å². The Morgan fingerprint density at radius 3 is 1.81 bits per heavy atom. The third-order valence-electron chi connectivity index (χ3n) is 12.7. The van der Waals surface area contributed by atoms with E-state index in [0.717, 1.165) is 0 Å². The van der Waals surface area contributed by atoms with Crippen LogP contribution in [-0.4, -0.2) is 6.85 Å². The molecule has 0 aliphatic carbocycles. The van der Waals surface area contributed by atoms with E-state index < -0.39 is 0 Å². The van der Waals surface area contributed by atoms with Gasteiger partial charge in [-0.1, -0.05) is 147 Å². The van der Waals surface area contributed by atoms with Crippen LogP contribution in [0.25, 0.3) is 42.4 Å². The quantitative estimate of drug-likeness (QED) is 0.165. The van der Waals surface area contributed by atoms with Crippen molar-refractivity contribution in [3.05, 3.63) is 162 Å². The summed E-state index contributed by atoms with van der Waals surface area (Å²) < 4.78 is 2.65. The van der Waals surface area contributed by atoms with Crippen molar-refractivity contribution in [1.29, 1.82) is 0 Å². The molecule has 4 heteroatoms. The van der Waals surface area contributed by atoms with Crippen LogP contribution in [0.2, 0.25) is 0 Å². The summed E-state index contributed by atoms with van der Waals surface area (Å²) in [6, 6.07) is 53.8. The van der Waals surface area contributed by atoms with Crippen molar-refractivity contribution in [3.8, 4) is 22.3 Å². The van der Waals surface area contributed by atoms with Gasteiger partial charge < -0.3 is 9.71 Å². The number of benzene rings is 7. The summed E-state index contributed by atoms with van der Waals surface area (Å²) in [6.45, 7) is 23.1. The summed E-state index contributed by atoms with van der Waals surface area (Å²) in [5.74, 6) is 0. The van der Waals surface area contributed by atoms with Crippen molar-refractivity contribution >= 4 is 77.7 Å². The van der Waals surface area contributed by atoms with Crippen LogP contribution in [0, 0.1) is 6.92 Å². The molecular weight excluding hydrogens is 731 g/mol. The van der Waals surface area contributed by atoms with Crippen LogP contribution in [0.4, 0.5) is 28.4 Å². The summed E-state index contributed by atoms with van der Waals surface area (Å²) in [5, 5.41) is 2.63. The smallest absolute Gasteiger partial charge is 0.333 e. The van der Waals surface area contributed by atoms with E-state index in [-0.39, 0.29) is 23.1 Å². The molecule has 292 valence electrons. The lowest BCUT2D eigenvalue weighted by atomic mass is 9.43. The van der Waals surface area contributed by atoms with E-state index in [4.69, 9.17) is 0 Å². The maximum atomic E-state index is 2.67. The molecule has 0 amide bonds. The first-order valence-corrected chi connectivity index (χ1v) is 22.0. The van der Waals surface area contributed by atoms with Crippen LogP contribution in [0.1, 0.15) is 84.6 Å². The second-order valence-corrected chi connectivity index (χ2v) is 21.1. The third kappa shape index (κ3) is 6.13. The second-order valence-electron chi connectivity index (χ2n) is 20.0. The SMILES string of the molecule is Cc1cc2c3c(c1)N(c1ccc(C(C)(C)C)cc1-c1ccccc1)c1cc4c(cc1B3N(c1ccc(C(C)(C)C)cc1)c1cc(C(C)(C)C)ccc1-2)sc1ccccc14. The van der Waals surface area contributed by atoms with E-state index >= 15 is 0 Å². The van der Waals surface area contributed by atoms with E-state index in [2.05, 4.69) is 218 Å². The minimum absolute atomic E-state index is 0.00409. The van der Waals surface area contributed by atoms with Crippen molar-refractivity contribution in [3.63, 3.8) is 0 Å². The van der Waals surface area contributed by atoms with Gasteiger partial charge in [0.05, 0.1) is 5.69 Å². The first kappa shape index (κ1) is 37.7. The monoisotopic (exact) mass is 784 g/mol. The van der Waals surface area contributed by atoms with Gasteiger partial charge in [-0.15, -0.1) is 11.3 Å². The Morgan fingerprint density at radius 2 is 1.10 bits per heavy atom. The molecule has 0 saturated carbocycles. The number of nitrogens with zero attached hydrogens (tertiary/aromatic N) is 2. The van der Waals surface area contributed by atoms with Crippen LogP contribution in [0.5, 0.6) is 0 Å². The standard InChI is InChI=1S/C55H53BN2S/c1-34-28-44-40-26-22-38(55(8,9)10)31-47(40)58(39-24-20-36(21-25-39)53(2,3)4)56-45-33-51-43(41-18-14-15-19-50(41)59-51)32-48(45)57(49(29-34)52(44)56)46-27-23-37(54(5,6)7)30-42(46)35-16-12-11-13-17-35/h11-33H,1-10H3. The highest BCUT2D eigenvalue weighted by atomic mass is 32.1. The third-order valence-corrected chi connectivity index (χ3v) is 13.9.